The van der Waals surface area contributed by atoms with E-state index in [9.17, 15) is 9.59 Å². The van der Waals surface area contributed by atoms with Crippen LogP contribution < -0.4 is 10.6 Å². The van der Waals surface area contributed by atoms with Crippen LogP contribution in [-0.2, 0) is 9.59 Å². The third-order valence-corrected chi connectivity index (χ3v) is 4.02. The molecule has 1 heterocycles. The van der Waals surface area contributed by atoms with Gasteiger partial charge in [-0.05, 0) is 56.1 Å². The van der Waals surface area contributed by atoms with Gasteiger partial charge in [0.1, 0.15) is 0 Å². The van der Waals surface area contributed by atoms with Crippen LogP contribution >= 0.6 is 0 Å². The molecule has 1 saturated heterocycles. The molecule has 0 saturated carbocycles. The van der Waals surface area contributed by atoms with Crippen molar-refractivity contribution in [1.82, 2.24) is 4.90 Å². The number of hydrogen-bond acceptors (Lipinski definition) is 3. The maximum Gasteiger partial charge on any atom is 0.238 e. The summed E-state index contributed by atoms with van der Waals surface area (Å²) in [5.74, 6) is 0.765. The van der Waals surface area contributed by atoms with Crippen LogP contribution in [0.25, 0.3) is 0 Å². The molecule has 5 heteroatoms. The summed E-state index contributed by atoms with van der Waals surface area (Å²) < 4.78 is 0. The van der Waals surface area contributed by atoms with E-state index in [0.29, 0.717) is 13.0 Å². The van der Waals surface area contributed by atoms with Gasteiger partial charge >= 0.3 is 0 Å². The van der Waals surface area contributed by atoms with Crippen molar-refractivity contribution in [2.45, 2.75) is 33.1 Å². The van der Waals surface area contributed by atoms with Gasteiger partial charge in [-0.25, -0.2) is 0 Å². The van der Waals surface area contributed by atoms with Gasteiger partial charge in [0.15, 0.2) is 0 Å². The van der Waals surface area contributed by atoms with Crippen molar-refractivity contribution in [3.8, 4) is 0 Å². The van der Waals surface area contributed by atoms with Gasteiger partial charge in [0.05, 0.1) is 6.54 Å². The number of rotatable bonds is 5. The van der Waals surface area contributed by atoms with Gasteiger partial charge in [-0.2, -0.15) is 0 Å². The molecule has 5 nitrogen and oxygen atoms in total. The smallest absolute Gasteiger partial charge is 0.238 e. The molecule has 22 heavy (non-hydrogen) atoms. The summed E-state index contributed by atoms with van der Waals surface area (Å²) in [6.07, 6.45) is 2.78. The predicted octanol–water partition coefficient (Wildman–Crippen LogP) is 2.71. The third kappa shape index (κ3) is 5.15. The SMILES string of the molecule is CCC(=O)Nc1ccc(NC(=O)CN2CCC(C)CC2)cc1. The normalized spacial score (nSPS) is 16.3. The first-order valence-electron chi connectivity index (χ1n) is 7.99. The van der Waals surface area contributed by atoms with Crippen molar-refractivity contribution in [2.24, 2.45) is 5.92 Å². The molecule has 0 radical (unpaired) electrons. The molecule has 0 aliphatic carbocycles. The minimum absolute atomic E-state index is 0.0138. The van der Waals surface area contributed by atoms with E-state index in [2.05, 4.69) is 22.5 Å². The van der Waals surface area contributed by atoms with Gasteiger partial charge in [0.25, 0.3) is 0 Å². The summed E-state index contributed by atoms with van der Waals surface area (Å²) in [6.45, 7) is 6.51. The van der Waals surface area contributed by atoms with Gasteiger partial charge in [-0.1, -0.05) is 13.8 Å². The summed E-state index contributed by atoms with van der Waals surface area (Å²) in [5.41, 5.74) is 1.50. The van der Waals surface area contributed by atoms with Crippen molar-refractivity contribution in [3.05, 3.63) is 24.3 Å². The van der Waals surface area contributed by atoms with E-state index in [4.69, 9.17) is 0 Å². The summed E-state index contributed by atoms with van der Waals surface area (Å²) in [6, 6.07) is 7.21. The Morgan fingerprint density at radius 2 is 1.55 bits per heavy atom. The van der Waals surface area contributed by atoms with Gasteiger partial charge in [0.2, 0.25) is 11.8 Å². The average molecular weight is 303 g/mol. The number of likely N-dealkylation sites (tertiary alicyclic amines) is 1. The summed E-state index contributed by atoms with van der Waals surface area (Å²) in [7, 11) is 0. The molecule has 1 fully saturated rings. The standard InChI is InChI=1S/C17H25N3O2/c1-3-16(21)18-14-4-6-15(7-5-14)19-17(22)12-20-10-8-13(2)9-11-20/h4-7,13H,3,8-12H2,1-2H3,(H,18,21)(H,19,22). The molecule has 0 unspecified atom stereocenters. The van der Waals surface area contributed by atoms with Crippen LogP contribution in [0.3, 0.4) is 0 Å². The van der Waals surface area contributed by atoms with Gasteiger partial charge < -0.3 is 10.6 Å². The Morgan fingerprint density at radius 3 is 2.05 bits per heavy atom. The predicted molar refractivity (Wildman–Crippen MR) is 88.8 cm³/mol. The zero-order valence-corrected chi connectivity index (χ0v) is 13.4. The molecule has 0 bridgehead atoms. The summed E-state index contributed by atoms with van der Waals surface area (Å²) in [5, 5.41) is 5.68. The fourth-order valence-electron chi connectivity index (χ4n) is 2.51. The molecule has 1 aliphatic heterocycles. The Bertz CT molecular complexity index is 505. The Hall–Kier alpha value is -1.88. The highest BCUT2D eigenvalue weighted by atomic mass is 16.2. The van der Waals surface area contributed by atoms with Crippen molar-refractivity contribution < 1.29 is 9.59 Å². The van der Waals surface area contributed by atoms with Crippen LogP contribution in [0.1, 0.15) is 33.1 Å². The molecular formula is C17H25N3O2. The molecule has 1 aliphatic rings. The monoisotopic (exact) mass is 303 g/mol. The summed E-state index contributed by atoms with van der Waals surface area (Å²) >= 11 is 0. The van der Waals surface area contributed by atoms with E-state index in [0.717, 1.165) is 30.4 Å². The summed E-state index contributed by atoms with van der Waals surface area (Å²) in [4.78, 5) is 25.6. The van der Waals surface area contributed by atoms with Crippen LogP contribution in [0.15, 0.2) is 24.3 Å². The maximum absolute atomic E-state index is 12.0. The lowest BCUT2D eigenvalue weighted by atomic mass is 9.99. The highest BCUT2D eigenvalue weighted by Gasteiger charge is 2.17. The maximum atomic E-state index is 12.0. The molecule has 0 spiro atoms. The number of carbonyl (C=O) groups excluding carboxylic acids is 2. The molecule has 1 aromatic carbocycles. The minimum atomic E-state index is -0.0175. The second-order valence-electron chi connectivity index (χ2n) is 5.99. The second-order valence-corrected chi connectivity index (χ2v) is 5.99. The van der Waals surface area contributed by atoms with E-state index >= 15 is 0 Å². The van der Waals surface area contributed by atoms with Crippen LogP contribution in [0.2, 0.25) is 0 Å². The number of benzene rings is 1. The lowest BCUT2D eigenvalue weighted by molar-refractivity contribution is -0.118. The van der Waals surface area contributed by atoms with Crippen molar-refractivity contribution in [1.29, 1.82) is 0 Å². The average Bonchev–Trinajstić information content (AvgIpc) is 2.51. The number of nitrogens with one attached hydrogen (secondary N) is 2. The van der Waals surface area contributed by atoms with Crippen molar-refractivity contribution in [2.75, 3.05) is 30.3 Å². The van der Waals surface area contributed by atoms with E-state index in [1.807, 2.05) is 6.92 Å². The van der Waals surface area contributed by atoms with Crippen LogP contribution in [0, 0.1) is 5.92 Å². The molecule has 2 amide bonds. The molecule has 0 aromatic heterocycles. The highest BCUT2D eigenvalue weighted by molar-refractivity contribution is 5.93. The Balaban J connectivity index is 1.80. The van der Waals surface area contributed by atoms with E-state index < -0.39 is 0 Å². The molecule has 2 N–H and O–H groups in total. The number of piperidine rings is 1. The van der Waals surface area contributed by atoms with E-state index in [1.165, 1.54) is 12.8 Å². The minimum Gasteiger partial charge on any atom is -0.326 e. The second kappa shape index (κ2) is 7.94. The Labute approximate surface area is 132 Å². The zero-order valence-electron chi connectivity index (χ0n) is 13.4. The fourth-order valence-corrected chi connectivity index (χ4v) is 2.51. The molecule has 2 rings (SSSR count). The van der Waals surface area contributed by atoms with Crippen LogP contribution in [0.4, 0.5) is 11.4 Å². The molecule has 0 atom stereocenters. The first-order valence-corrected chi connectivity index (χ1v) is 7.99. The number of hydrogen-bond donors (Lipinski definition) is 2. The Morgan fingerprint density at radius 1 is 1.05 bits per heavy atom. The fraction of sp³-hybridized carbons (Fsp3) is 0.529. The third-order valence-electron chi connectivity index (χ3n) is 4.02. The van der Waals surface area contributed by atoms with E-state index in [-0.39, 0.29) is 11.8 Å². The number of amides is 2. The first kappa shape index (κ1) is 16.5. The number of anilines is 2. The van der Waals surface area contributed by atoms with Gasteiger partial charge in [0, 0.05) is 17.8 Å². The van der Waals surface area contributed by atoms with Crippen molar-refractivity contribution in [3.63, 3.8) is 0 Å². The number of nitrogens with zero attached hydrogens (tertiary/aromatic N) is 1. The highest BCUT2D eigenvalue weighted by Crippen LogP contribution is 2.16. The first-order chi connectivity index (χ1) is 10.6. The largest absolute Gasteiger partial charge is 0.326 e. The zero-order chi connectivity index (χ0) is 15.9. The van der Waals surface area contributed by atoms with Gasteiger partial charge in [-0.15, -0.1) is 0 Å². The lowest BCUT2D eigenvalue weighted by Crippen LogP contribution is -2.38. The quantitative estimate of drug-likeness (QED) is 0.879. The molecular weight excluding hydrogens is 278 g/mol. The van der Waals surface area contributed by atoms with Crippen LogP contribution in [0.5, 0.6) is 0 Å². The molecule has 1 aromatic rings. The number of carbonyl (C=O) groups is 2. The molecule has 120 valence electrons. The van der Waals surface area contributed by atoms with Crippen molar-refractivity contribution >= 4 is 23.2 Å². The Kier molecular flexibility index (Phi) is 5.95. The van der Waals surface area contributed by atoms with E-state index in [1.54, 1.807) is 24.3 Å². The van der Waals surface area contributed by atoms with Crippen LogP contribution in [-0.4, -0.2) is 36.3 Å². The van der Waals surface area contributed by atoms with Gasteiger partial charge in [-0.3, -0.25) is 14.5 Å². The topological polar surface area (TPSA) is 61.4 Å². The lowest BCUT2D eigenvalue weighted by Gasteiger charge is -2.29.